The third-order valence-electron chi connectivity index (χ3n) is 4.71. The molecular formula is C20H33NO2. The predicted molar refractivity (Wildman–Crippen MR) is 96.7 cm³/mol. The molecule has 0 heterocycles. The van der Waals surface area contributed by atoms with E-state index in [0.717, 1.165) is 50.9 Å². The monoisotopic (exact) mass is 319 g/mol. The van der Waals surface area contributed by atoms with Crippen LogP contribution in [0.1, 0.15) is 58.9 Å². The molecule has 1 saturated carbocycles. The van der Waals surface area contributed by atoms with Crippen molar-refractivity contribution < 1.29 is 9.53 Å². The molecule has 0 radical (unpaired) electrons. The van der Waals surface area contributed by atoms with Crippen molar-refractivity contribution in [1.82, 2.24) is 4.90 Å². The van der Waals surface area contributed by atoms with Gasteiger partial charge in [0.2, 0.25) is 0 Å². The summed E-state index contributed by atoms with van der Waals surface area (Å²) in [6.07, 6.45) is 4.06. The van der Waals surface area contributed by atoms with Gasteiger partial charge >= 0.3 is 5.97 Å². The smallest absolute Gasteiger partial charge is 0.316 e. The Hall–Kier alpha value is -1.35. The third kappa shape index (κ3) is 5.07. The van der Waals surface area contributed by atoms with E-state index in [-0.39, 0.29) is 5.97 Å². The zero-order valence-electron chi connectivity index (χ0n) is 15.3. The number of benzene rings is 1. The summed E-state index contributed by atoms with van der Waals surface area (Å²) in [5, 5.41) is 0. The number of hydrogen-bond acceptors (Lipinski definition) is 3. The lowest BCUT2D eigenvalue weighted by atomic mass is 9.79. The molecule has 3 nitrogen and oxygen atoms in total. The molecule has 0 aromatic heterocycles. The van der Waals surface area contributed by atoms with E-state index in [0.29, 0.717) is 6.61 Å². The van der Waals surface area contributed by atoms with Gasteiger partial charge in [0.25, 0.3) is 0 Å². The molecule has 3 heteroatoms. The van der Waals surface area contributed by atoms with Crippen molar-refractivity contribution in [2.45, 2.75) is 58.8 Å². The molecule has 0 saturated heterocycles. The topological polar surface area (TPSA) is 29.5 Å². The lowest BCUT2D eigenvalue weighted by Gasteiger charge is -2.28. The number of hydrogen-bond donors (Lipinski definition) is 0. The van der Waals surface area contributed by atoms with E-state index in [1.165, 1.54) is 0 Å². The highest BCUT2D eigenvalue weighted by Crippen LogP contribution is 2.42. The summed E-state index contributed by atoms with van der Waals surface area (Å²) in [4.78, 5) is 15.0. The van der Waals surface area contributed by atoms with Gasteiger partial charge in [0.1, 0.15) is 6.61 Å². The van der Waals surface area contributed by atoms with Crippen molar-refractivity contribution in [3.8, 4) is 0 Å². The highest BCUT2D eigenvalue weighted by atomic mass is 16.5. The maximum absolute atomic E-state index is 12.7. The van der Waals surface area contributed by atoms with Crippen LogP contribution in [0.15, 0.2) is 30.3 Å². The third-order valence-corrected chi connectivity index (χ3v) is 4.71. The van der Waals surface area contributed by atoms with E-state index < -0.39 is 5.41 Å². The van der Waals surface area contributed by atoms with Crippen molar-refractivity contribution >= 4 is 5.97 Å². The van der Waals surface area contributed by atoms with Crippen LogP contribution in [0.4, 0.5) is 0 Å². The lowest BCUT2D eigenvalue weighted by molar-refractivity contribution is -0.151. The Morgan fingerprint density at radius 2 is 1.65 bits per heavy atom. The summed E-state index contributed by atoms with van der Waals surface area (Å²) >= 11 is 0. The predicted octanol–water partition coefficient (Wildman–Crippen LogP) is 4.41. The normalized spacial score (nSPS) is 15.9. The summed E-state index contributed by atoms with van der Waals surface area (Å²) in [5.41, 5.74) is 0.722. The summed E-state index contributed by atoms with van der Waals surface area (Å²) in [5.74, 6) is -0.0293. The highest BCUT2D eigenvalue weighted by molar-refractivity contribution is 5.83. The molecule has 1 fully saturated rings. The number of carbonyl (C=O) groups excluding carboxylic acids is 1. The first-order valence-corrected chi connectivity index (χ1v) is 9.18. The van der Waals surface area contributed by atoms with Gasteiger partial charge < -0.3 is 9.64 Å². The van der Waals surface area contributed by atoms with E-state index in [9.17, 15) is 4.79 Å². The fraction of sp³-hybridized carbons (Fsp3) is 0.650. The van der Waals surface area contributed by atoms with Crippen LogP contribution in [0, 0.1) is 0 Å². The van der Waals surface area contributed by atoms with Crippen LogP contribution in [0.3, 0.4) is 0 Å². The quantitative estimate of drug-likeness (QED) is 0.697. The summed E-state index contributed by atoms with van der Waals surface area (Å²) < 4.78 is 5.64. The average molecular weight is 319 g/mol. The average Bonchev–Trinajstić information content (AvgIpc) is 3.12. The van der Waals surface area contributed by atoms with Crippen LogP contribution < -0.4 is 0 Å². The molecule has 0 amide bonds. The molecule has 1 aliphatic carbocycles. The number of ether oxygens (including phenoxy) is 1. The largest absolute Gasteiger partial charge is 0.464 e. The molecule has 1 aromatic carbocycles. The number of carbonyl (C=O) groups is 1. The number of likely N-dealkylation sites (N-methyl/N-ethyl adjacent to an activating group) is 1. The molecule has 23 heavy (non-hydrogen) atoms. The Balaban J connectivity index is 0.00000127. The van der Waals surface area contributed by atoms with Crippen LogP contribution >= 0.6 is 0 Å². The fourth-order valence-corrected chi connectivity index (χ4v) is 3.29. The molecule has 1 aliphatic rings. The van der Waals surface area contributed by atoms with Gasteiger partial charge in [-0.1, -0.05) is 70.9 Å². The Morgan fingerprint density at radius 1 is 1.09 bits per heavy atom. The van der Waals surface area contributed by atoms with E-state index in [4.69, 9.17) is 4.74 Å². The van der Waals surface area contributed by atoms with Crippen molar-refractivity contribution in [2.24, 2.45) is 0 Å². The Kier molecular flexibility index (Phi) is 8.93. The first kappa shape index (κ1) is 19.7. The summed E-state index contributed by atoms with van der Waals surface area (Å²) in [6, 6.07) is 10.2. The highest BCUT2D eigenvalue weighted by Gasteiger charge is 2.43. The van der Waals surface area contributed by atoms with E-state index >= 15 is 0 Å². The molecule has 2 rings (SSSR count). The standard InChI is InChI=1S/C18H27NO2.C2H6/c1-3-19(4-2)14-15-21-17(20)18(12-8-9-13-18)16-10-6-5-7-11-16;1-2/h5-7,10-11H,3-4,8-9,12-15H2,1-2H3;1-2H3. The minimum absolute atomic E-state index is 0.0293. The maximum atomic E-state index is 12.7. The van der Waals surface area contributed by atoms with Gasteiger partial charge in [0.05, 0.1) is 5.41 Å². The number of esters is 1. The number of nitrogens with zero attached hydrogens (tertiary/aromatic N) is 1. The van der Waals surface area contributed by atoms with Crippen LogP contribution in [0.2, 0.25) is 0 Å². The van der Waals surface area contributed by atoms with Gasteiger partial charge in [0.15, 0.2) is 0 Å². The molecule has 0 spiro atoms. The number of rotatable bonds is 7. The molecule has 0 bridgehead atoms. The van der Waals surface area contributed by atoms with E-state index in [1.807, 2.05) is 32.0 Å². The second-order valence-corrected chi connectivity index (χ2v) is 5.82. The maximum Gasteiger partial charge on any atom is 0.316 e. The first-order chi connectivity index (χ1) is 11.2. The van der Waals surface area contributed by atoms with Crippen LogP contribution in [0.5, 0.6) is 0 Å². The van der Waals surface area contributed by atoms with Gasteiger partial charge in [0, 0.05) is 6.54 Å². The van der Waals surface area contributed by atoms with Crippen LogP contribution in [-0.2, 0) is 14.9 Å². The SMILES string of the molecule is CC.CCN(CC)CCOC(=O)C1(c2ccccc2)CCCC1. The molecular weight excluding hydrogens is 286 g/mol. The lowest BCUT2D eigenvalue weighted by Crippen LogP contribution is -2.36. The van der Waals surface area contributed by atoms with Crippen molar-refractivity contribution in [3.05, 3.63) is 35.9 Å². The minimum Gasteiger partial charge on any atom is -0.464 e. The molecule has 0 N–H and O–H groups in total. The zero-order chi connectivity index (χ0) is 17.1. The van der Waals surface area contributed by atoms with E-state index in [2.05, 4.69) is 30.9 Å². The van der Waals surface area contributed by atoms with Gasteiger partial charge in [-0.3, -0.25) is 4.79 Å². The van der Waals surface area contributed by atoms with Gasteiger partial charge in [-0.2, -0.15) is 0 Å². The fourth-order valence-electron chi connectivity index (χ4n) is 3.29. The minimum atomic E-state index is -0.398. The Labute approximate surface area is 142 Å². The zero-order valence-corrected chi connectivity index (χ0v) is 15.3. The van der Waals surface area contributed by atoms with Gasteiger partial charge in [-0.25, -0.2) is 0 Å². The van der Waals surface area contributed by atoms with Crippen LogP contribution in [0.25, 0.3) is 0 Å². The molecule has 0 unspecified atom stereocenters. The molecule has 0 atom stereocenters. The molecule has 0 aliphatic heterocycles. The summed E-state index contributed by atoms with van der Waals surface area (Å²) in [6.45, 7) is 11.6. The van der Waals surface area contributed by atoms with Gasteiger partial charge in [-0.05, 0) is 31.5 Å². The van der Waals surface area contributed by atoms with Crippen molar-refractivity contribution in [2.75, 3.05) is 26.2 Å². The second-order valence-electron chi connectivity index (χ2n) is 5.82. The van der Waals surface area contributed by atoms with E-state index in [1.54, 1.807) is 0 Å². The first-order valence-electron chi connectivity index (χ1n) is 9.18. The Morgan fingerprint density at radius 3 is 2.17 bits per heavy atom. The van der Waals surface area contributed by atoms with Gasteiger partial charge in [-0.15, -0.1) is 0 Å². The van der Waals surface area contributed by atoms with Crippen LogP contribution in [-0.4, -0.2) is 37.1 Å². The Bertz CT molecular complexity index is 434. The van der Waals surface area contributed by atoms with Crippen molar-refractivity contribution in [1.29, 1.82) is 0 Å². The molecule has 130 valence electrons. The molecule has 1 aromatic rings. The summed E-state index contributed by atoms with van der Waals surface area (Å²) in [7, 11) is 0. The second kappa shape index (κ2) is 10.4. The van der Waals surface area contributed by atoms with Crippen molar-refractivity contribution in [3.63, 3.8) is 0 Å².